The van der Waals surface area contributed by atoms with Crippen LogP contribution in [0.3, 0.4) is 0 Å². The lowest BCUT2D eigenvalue weighted by molar-refractivity contribution is 0.190. The standard InChI is InChI=1S/C11H21NO/c1-2-3-4-5-6-8-12-11-7-9-13-10-11/h2,11-12H,1,3-10H2. The minimum Gasteiger partial charge on any atom is -0.380 e. The van der Waals surface area contributed by atoms with Crippen LogP contribution >= 0.6 is 0 Å². The van der Waals surface area contributed by atoms with Crippen LogP contribution in [0.15, 0.2) is 12.7 Å². The molecule has 13 heavy (non-hydrogen) atoms. The summed E-state index contributed by atoms with van der Waals surface area (Å²) in [4.78, 5) is 0. The normalized spacial score (nSPS) is 22.0. The Balaban J connectivity index is 1.80. The number of hydrogen-bond acceptors (Lipinski definition) is 2. The van der Waals surface area contributed by atoms with E-state index in [2.05, 4.69) is 11.9 Å². The van der Waals surface area contributed by atoms with Gasteiger partial charge in [0.1, 0.15) is 0 Å². The molecular formula is C11H21NO. The number of allylic oxidation sites excluding steroid dienone is 1. The molecule has 1 aliphatic rings. The second kappa shape index (κ2) is 7.10. The van der Waals surface area contributed by atoms with Crippen molar-refractivity contribution in [2.45, 2.75) is 38.1 Å². The van der Waals surface area contributed by atoms with Crippen molar-refractivity contribution in [3.05, 3.63) is 12.7 Å². The van der Waals surface area contributed by atoms with E-state index in [0.29, 0.717) is 6.04 Å². The Labute approximate surface area is 81.4 Å². The first kappa shape index (κ1) is 10.7. The van der Waals surface area contributed by atoms with E-state index in [1.807, 2.05) is 6.08 Å². The van der Waals surface area contributed by atoms with Crippen molar-refractivity contribution in [3.8, 4) is 0 Å². The second-order valence-electron chi connectivity index (χ2n) is 3.65. The summed E-state index contributed by atoms with van der Waals surface area (Å²) >= 11 is 0. The van der Waals surface area contributed by atoms with E-state index >= 15 is 0 Å². The van der Waals surface area contributed by atoms with Crippen LogP contribution in [0.2, 0.25) is 0 Å². The molecule has 1 saturated heterocycles. The molecule has 0 aromatic rings. The summed E-state index contributed by atoms with van der Waals surface area (Å²) in [6.07, 6.45) is 8.22. The predicted octanol–water partition coefficient (Wildman–Crippen LogP) is 2.11. The minimum absolute atomic E-state index is 0.624. The van der Waals surface area contributed by atoms with Crippen molar-refractivity contribution in [2.24, 2.45) is 0 Å². The van der Waals surface area contributed by atoms with Gasteiger partial charge in [0.15, 0.2) is 0 Å². The van der Waals surface area contributed by atoms with E-state index < -0.39 is 0 Å². The van der Waals surface area contributed by atoms with Crippen LogP contribution in [-0.4, -0.2) is 25.8 Å². The number of hydrogen-bond donors (Lipinski definition) is 1. The highest BCUT2D eigenvalue weighted by atomic mass is 16.5. The Morgan fingerprint density at radius 3 is 3.00 bits per heavy atom. The maximum atomic E-state index is 5.28. The Morgan fingerprint density at radius 2 is 2.31 bits per heavy atom. The summed E-state index contributed by atoms with van der Waals surface area (Å²) in [5.41, 5.74) is 0. The molecule has 1 rings (SSSR count). The van der Waals surface area contributed by atoms with Crippen LogP contribution in [0.25, 0.3) is 0 Å². The van der Waals surface area contributed by atoms with Crippen molar-refractivity contribution in [1.82, 2.24) is 5.32 Å². The predicted molar refractivity (Wildman–Crippen MR) is 55.9 cm³/mol. The van der Waals surface area contributed by atoms with E-state index in [9.17, 15) is 0 Å². The number of ether oxygens (including phenoxy) is 1. The zero-order valence-electron chi connectivity index (χ0n) is 8.43. The van der Waals surface area contributed by atoms with Gasteiger partial charge in [-0.1, -0.05) is 12.5 Å². The van der Waals surface area contributed by atoms with E-state index in [1.165, 1.54) is 25.7 Å². The molecule has 1 fully saturated rings. The van der Waals surface area contributed by atoms with Gasteiger partial charge in [0.05, 0.1) is 6.61 Å². The van der Waals surface area contributed by atoms with Crippen molar-refractivity contribution in [2.75, 3.05) is 19.8 Å². The Kier molecular flexibility index (Phi) is 5.87. The van der Waals surface area contributed by atoms with Crippen LogP contribution < -0.4 is 5.32 Å². The van der Waals surface area contributed by atoms with Gasteiger partial charge in [-0.05, 0) is 32.2 Å². The van der Waals surface area contributed by atoms with Crippen molar-refractivity contribution in [3.63, 3.8) is 0 Å². The van der Waals surface area contributed by atoms with Crippen molar-refractivity contribution < 1.29 is 4.74 Å². The van der Waals surface area contributed by atoms with Gasteiger partial charge in [-0.3, -0.25) is 0 Å². The SMILES string of the molecule is C=CCCCCCNC1CCOC1. The zero-order valence-corrected chi connectivity index (χ0v) is 8.43. The van der Waals surface area contributed by atoms with E-state index in [4.69, 9.17) is 4.74 Å². The summed E-state index contributed by atoms with van der Waals surface area (Å²) in [7, 11) is 0. The smallest absolute Gasteiger partial charge is 0.0620 e. The fraction of sp³-hybridized carbons (Fsp3) is 0.818. The van der Waals surface area contributed by atoms with Crippen LogP contribution in [0.4, 0.5) is 0 Å². The molecule has 0 aromatic carbocycles. The van der Waals surface area contributed by atoms with Gasteiger partial charge in [0, 0.05) is 12.6 Å². The maximum absolute atomic E-state index is 5.28. The third kappa shape index (κ3) is 5.06. The average Bonchev–Trinajstić information content (AvgIpc) is 2.63. The highest BCUT2D eigenvalue weighted by molar-refractivity contribution is 4.71. The van der Waals surface area contributed by atoms with E-state index in [-0.39, 0.29) is 0 Å². The Hall–Kier alpha value is -0.340. The van der Waals surface area contributed by atoms with Gasteiger partial charge in [-0.2, -0.15) is 0 Å². The van der Waals surface area contributed by atoms with Gasteiger partial charge in [-0.15, -0.1) is 6.58 Å². The van der Waals surface area contributed by atoms with Crippen molar-refractivity contribution >= 4 is 0 Å². The molecule has 1 unspecified atom stereocenters. The summed E-state index contributed by atoms with van der Waals surface area (Å²) in [6.45, 7) is 6.70. The molecule has 0 spiro atoms. The molecule has 0 radical (unpaired) electrons. The molecule has 1 aliphatic heterocycles. The zero-order chi connectivity index (χ0) is 9.36. The molecule has 76 valence electrons. The van der Waals surface area contributed by atoms with Crippen molar-refractivity contribution in [1.29, 1.82) is 0 Å². The molecule has 0 aromatic heterocycles. The minimum atomic E-state index is 0.624. The lowest BCUT2D eigenvalue weighted by atomic mass is 10.2. The molecule has 1 heterocycles. The summed E-state index contributed by atoms with van der Waals surface area (Å²) < 4.78 is 5.28. The molecule has 0 saturated carbocycles. The average molecular weight is 183 g/mol. The number of nitrogens with one attached hydrogen (secondary N) is 1. The third-order valence-electron chi connectivity index (χ3n) is 2.45. The lowest BCUT2D eigenvalue weighted by Gasteiger charge is -2.09. The number of rotatable bonds is 7. The molecule has 1 N–H and O–H groups in total. The van der Waals surface area contributed by atoms with E-state index in [0.717, 1.165) is 26.2 Å². The Bertz CT molecular complexity index is 130. The highest BCUT2D eigenvalue weighted by Crippen LogP contribution is 2.04. The van der Waals surface area contributed by atoms with Gasteiger partial charge < -0.3 is 10.1 Å². The van der Waals surface area contributed by atoms with Crippen LogP contribution in [-0.2, 0) is 4.74 Å². The first-order valence-electron chi connectivity index (χ1n) is 5.35. The topological polar surface area (TPSA) is 21.3 Å². The molecule has 1 atom stereocenters. The highest BCUT2D eigenvalue weighted by Gasteiger charge is 2.13. The first-order chi connectivity index (χ1) is 6.43. The quantitative estimate of drug-likeness (QED) is 0.482. The summed E-state index contributed by atoms with van der Waals surface area (Å²) in [6, 6.07) is 0.624. The lowest BCUT2D eigenvalue weighted by Crippen LogP contribution is -2.29. The van der Waals surface area contributed by atoms with E-state index in [1.54, 1.807) is 0 Å². The fourth-order valence-electron chi connectivity index (χ4n) is 1.59. The van der Waals surface area contributed by atoms with Crippen LogP contribution in [0.1, 0.15) is 32.1 Å². The summed E-state index contributed by atoms with van der Waals surface area (Å²) in [5, 5.41) is 3.51. The molecule has 2 nitrogen and oxygen atoms in total. The third-order valence-corrected chi connectivity index (χ3v) is 2.45. The monoisotopic (exact) mass is 183 g/mol. The van der Waals surface area contributed by atoms with Gasteiger partial charge in [-0.25, -0.2) is 0 Å². The first-order valence-corrected chi connectivity index (χ1v) is 5.35. The van der Waals surface area contributed by atoms with Crippen LogP contribution in [0.5, 0.6) is 0 Å². The maximum Gasteiger partial charge on any atom is 0.0620 e. The molecule has 0 bridgehead atoms. The molecular weight excluding hydrogens is 162 g/mol. The molecule has 2 heteroatoms. The van der Waals surface area contributed by atoms with Gasteiger partial charge in [0.25, 0.3) is 0 Å². The summed E-state index contributed by atoms with van der Waals surface area (Å²) in [5.74, 6) is 0. The number of unbranched alkanes of at least 4 members (excludes halogenated alkanes) is 3. The van der Waals surface area contributed by atoms with Gasteiger partial charge >= 0.3 is 0 Å². The molecule has 0 amide bonds. The van der Waals surface area contributed by atoms with Crippen LogP contribution in [0, 0.1) is 0 Å². The van der Waals surface area contributed by atoms with Gasteiger partial charge in [0.2, 0.25) is 0 Å². The Morgan fingerprint density at radius 1 is 1.38 bits per heavy atom. The fourth-order valence-corrected chi connectivity index (χ4v) is 1.59. The second-order valence-corrected chi connectivity index (χ2v) is 3.65. The largest absolute Gasteiger partial charge is 0.380 e. The molecule has 0 aliphatic carbocycles.